The zero-order chi connectivity index (χ0) is 13.7. The Morgan fingerprint density at radius 1 is 1.32 bits per heavy atom. The molecule has 0 atom stereocenters. The molecule has 0 unspecified atom stereocenters. The maximum Gasteiger partial charge on any atom is 0.122 e. The largest absolute Gasteiger partial charge is 0.496 e. The molecule has 0 amide bonds. The maximum absolute atomic E-state index is 10.1. The summed E-state index contributed by atoms with van der Waals surface area (Å²) in [4.78, 5) is 2.39. The molecule has 1 heterocycles. The average Bonchev–Trinajstić information content (AvgIpc) is 2.47. The van der Waals surface area contributed by atoms with Crippen molar-refractivity contribution in [2.24, 2.45) is 5.73 Å². The van der Waals surface area contributed by atoms with E-state index in [4.69, 9.17) is 10.5 Å². The van der Waals surface area contributed by atoms with Gasteiger partial charge in [0.15, 0.2) is 0 Å². The summed E-state index contributed by atoms with van der Waals surface area (Å²) in [6, 6.07) is 8.14. The monoisotopic (exact) mass is 264 g/mol. The molecular formula is C15H24N2O2. The Balaban J connectivity index is 1.84. The Hall–Kier alpha value is -1.10. The topological polar surface area (TPSA) is 58.7 Å². The van der Waals surface area contributed by atoms with Gasteiger partial charge >= 0.3 is 0 Å². The van der Waals surface area contributed by atoms with Crippen LogP contribution in [0.5, 0.6) is 5.75 Å². The normalized spacial score (nSPS) is 19.3. The molecule has 1 aromatic carbocycles. The third kappa shape index (κ3) is 3.69. The van der Waals surface area contributed by atoms with E-state index in [1.54, 1.807) is 7.11 Å². The van der Waals surface area contributed by atoms with Crippen molar-refractivity contribution in [2.75, 3.05) is 33.3 Å². The number of piperidine rings is 1. The van der Waals surface area contributed by atoms with E-state index in [0.29, 0.717) is 6.54 Å². The summed E-state index contributed by atoms with van der Waals surface area (Å²) in [5, 5.41) is 10.1. The number of rotatable bonds is 5. The molecule has 1 fully saturated rings. The van der Waals surface area contributed by atoms with Gasteiger partial charge in [-0.1, -0.05) is 18.2 Å². The molecule has 19 heavy (non-hydrogen) atoms. The van der Waals surface area contributed by atoms with Gasteiger partial charge in [0.25, 0.3) is 0 Å². The zero-order valence-corrected chi connectivity index (χ0v) is 11.6. The van der Waals surface area contributed by atoms with Crippen LogP contribution in [-0.4, -0.2) is 48.9 Å². The lowest BCUT2D eigenvalue weighted by molar-refractivity contribution is -0.0131. The quantitative estimate of drug-likeness (QED) is 0.834. The molecule has 4 heteroatoms. The van der Waals surface area contributed by atoms with E-state index in [1.807, 2.05) is 18.2 Å². The van der Waals surface area contributed by atoms with Crippen molar-refractivity contribution in [3.05, 3.63) is 29.8 Å². The maximum atomic E-state index is 10.1. The molecule has 106 valence electrons. The van der Waals surface area contributed by atoms with Gasteiger partial charge in [0, 0.05) is 26.2 Å². The first-order valence-corrected chi connectivity index (χ1v) is 6.93. The molecule has 0 aliphatic carbocycles. The van der Waals surface area contributed by atoms with Gasteiger partial charge in [-0.25, -0.2) is 0 Å². The molecule has 0 aromatic heterocycles. The van der Waals surface area contributed by atoms with Crippen molar-refractivity contribution in [2.45, 2.75) is 24.9 Å². The summed E-state index contributed by atoms with van der Waals surface area (Å²) in [5.41, 5.74) is 6.20. The van der Waals surface area contributed by atoms with E-state index in [1.165, 1.54) is 5.56 Å². The number of nitrogens with zero attached hydrogens (tertiary/aromatic N) is 1. The highest BCUT2D eigenvalue weighted by Gasteiger charge is 2.30. The Kier molecular flexibility index (Phi) is 4.80. The highest BCUT2D eigenvalue weighted by atomic mass is 16.5. The summed E-state index contributed by atoms with van der Waals surface area (Å²) >= 11 is 0. The van der Waals surface area contributed by atoms with Crippen molar-refractivity contribution in [3.8, 4) is 5.75 Å². The molecular weight excluding hydrogens is 240 g/mol. The van der Waals surface area contributed by atoms with Crippen molar-refractivity contribution in [1.29, 1.82) is 0 Å². The lowest BCUT2D eigenvalue weighted by Gasteiger charge is -2.37. The fourth-order valence-corrected chi connectivity index (χ4v) is 2.59. The predicted octanol–water partition coefficient (Wildman–Crippen LogP) is 1.02. The SMILES string of the molecule is COc1ccccc1CCN1CCC(O)(CN)CC1. The van der Waals surface area contributed by atoms with Crippen LogP contribution in [0.3, 0.4) is 0 Å². The molecule has 3 N–H and O–H groups in total. The van der Waals surface area contributed by atoms with Gasteiger partial charge in [-0.3, -0.25) is 0 Å². The minimum absolute atomic E-state index is 0.368. The van der Waals surface area contributed by atoms with Gasteiger partial charge in [-0.2, -0.15) is 0 Å². The number of likely N-dealkylation sites (tertiary alicyclic amines) is 1. The van der Waals surface area contributed by atoms with Gasteiger partial charge in [-0.15, -0.1) is 0 Å². The fraction of sp³-hybridized carbons (Fsp3) is 0.600. The molecule has 1 saturated heterocycles. The summed E-state index contributed by atoms with van der Waals surface area (Å²) < 4.78 is 5.36. The van der Waals surface area contributed by atoms with Crippen molar-refractivity contribution in [3.63, 3.8) is 0 Å². The van der Waals surface area contributed by atoms with Crippen LogP contribution in [0, 0.1) is 0 Å². The number of para-hydroxylation sites is 1. The first-order chi connectivity index (χ1) is 9.17. The standard InChI is InChI=1S/C15H24N2O2/c1-19-14-5-3-2-4-13(14)6-9-17-10-7-15(18,12-16)8-11-17/h2-5,18H,6-12,16H2,1H3. The highest BCUT2D eigenvalue weighted by molar-refractivity contribution is 5.33. The number of benzene rings is 1. The van der Waals surface area contributed by atoms with Crippen LogP contribution in [0.1, 0.15) is 18.4 Å². The van der Waals surface area contributed by atoms with Crippen LogP contribution in [0.15, 0.2) is 24.3 Å². The molecule has 0 spiro atoms. The molecule has 1 aliphatic rings. The second-order valence-corrected chi connectivity index (χ2v) is 5.33. The molecule has 0 saturated carbocycles. The van der Waals surface area contributed by atoms with Crippen molar-refractivity contribution >= 4 is 0 Å². The number of hydrogen-bond donors (Lipinski definition) is 2. The van der Waals surface area contributed by atoms with E-state index in [-0.39, 0.29) is 0 Å². The smallest absolute Gasteiger partial charge is 0.122 e. The van der Waals surface area contributed by atoms with E-state index >= 15 is 0 Å². The number of nitrogens with two attached hydrogens (primary N) is 1. The first kappa shape index (κ1) is 14.3. The molecule has 4 nitrogen and oxygen atoms in total. The van der Waals surface area contributed by atoms with Crippen molar-refractivity contribution < 1.29 is 9.84 Å². The van der Waals surface area contributed by atoms with Gasteiger partial charge in [0.1, 0.15) is 5.75 Å². The third-order valence-corrected chi connectivity index (χ3v) is 4.06. The minimum Gasteiger partial charge on any atom is -0.496 e. The minimum atomic E-state index is -0.638. The van der Waals surface area contributed by atoms with Crippen LogP contribution < -0.4 is 10.5 Å². The molecule has 1 aliphatic heterocycles. The second-order valence-electron chi connectivity index (χ2n) is 5.33. The van der Waals surface area contributed by atoms with E-state index in [9.17, 15) is 5.11 Å². The van der Waals surface area contributed by atoms with Gasteiger partial charge in [-0.05, 0) is 30.9 Å². The summed E-state index contributed by atoms with van der Waals surface area (Å²) in [6.45, 7) is 3.21. The van der Waals surface area contributed by atoms with Crippen LogP contribution in [0.25, 0.3) is 0 Å². The summed E-state index contributed by atoms with van der Waals surface area (Å²) in [7, 11) is 1.71. The second kappa shape index (κ2) is 6.37. The number of aliphatic hydroxyl groups is 1. The van der Waals surface area contributed by atoms with E-state index < -0.39 is 5.60 Å². The number of hydrogen-bond acceptors (Lipinski definition) is 4. The fourth-order valence-electron chi connectivity index (χ4n) is 2.59. The lowest BCUT2D eigenvalue weighted by atomic mass is 9.91. The molecule has 1 aromatic rings. The van der Waals surface area contributed by atoms with Crippen molar-refractivity contribution in [1.82, 2.24) is 4.90 Å². The van der Waals surface area contributed by atoms with E-state index in [2.05, 4.69) is 11.0 Å². The predicted molar refractivity (Wildman–Crippen MR) is 76.4 cm³/mol. The summed E-state index contributed by atoms with van der Waals surface area (Å²) in [5.74, 6) is 0.956. The lowest BCUT2D eigenvalue weighted by Crippen LogP contribution is -2.49. The zero-order valence-electron chi connectivity index (χ0n) is 11.6. The Morgan fingerprint density at radius 3 is 2.63 bits per heavy atom. The Morgan fingerprint density at radius 2 is 2.00 bits per heavy atom. The molecule has 2 rings (SSSR count). The van der Waals surface area contributed by atoms with Gasteiger partial charge < -0.3 is 20.5 Å². The van der Waals surface area contributed by atoms with Crippen LogP contribution in [0.2, 0.25) is 0 Å². The van der Waals surface area contributed by atoms with Crippen LogP contribution in [0.4, 0.5) is 0 Å². The molecule has 0 radical (unpaired) electrons. The number of ether oxygens (including phenoxy) is 1. The third-order valence-electron chi connectivity index (χ3n) is 4.06. The summed E-state index contributed by atoms with van der Waals surface area (Å²) in [6.07, 6.45) is 2.52. The van der Waals surface area contributed by atoms with Crippen LogP contribution in [-0.2, 0) is 6.42 Å². The van der Waals surface area contributed by atoms with E-state index in [0.717, 1.165) is 44.6 Å². The average molecular weight is 264 g/mol. The Bertz CT molecular complexity index is 401. The highest BCUT2D eigenvalue weighted by Crippen LogP contribution is 2.22. The number of methoxy groups -OCH3 is 1. The first-order valence-electron chi connectivity index (χ1n) is 6.93. The molecule has 0 bridgehead atoms. The Labute approximate surface area is 115 Å². The van der Waals surface area contributed by atoms with Gasteiger partial charge in [0.05, 0.1) is 12.7 Å². The van der Waals surface area contributed by atoms with Gasteiger partial charge in [0.2, 0.25) is 0 Å². The van der Waals surface area contributed by atoms with Crippen LogP contribution >= 0.6 is 0 Å².